The van der Waals surface area contributed by atoms with Gasteiger partial charge in [0.25, 0.3) is 0 Å². The summed E-state index contributed by atoms with van der Waals surface area (Å²) in [6.45, 7) is 9.40. The van der Waals surface area contributed by atoms with Crippen LogP contribution >= 0.6 is 15.6 Å². The monoisotopic (exact) mass is 1280 g/mol. The molecule has 3 N–H and O–H groups in total. The number of phosphoric ester groups is 2. The second kappa shape index (κ2) is 60.3. The highest BCUT2D eigenvalue weighted by Gasteiger charge is 2.30. The molecule has 19 heteroatoms. The fourth-order valence-corrected chi connectivity index (χ4v) is 11.8. The minimum atomic E-state index is -4.95. The molecule has 516 valence electrons. The van der Waals surface area contributed by atoms with Crippen molar-refractivity contribution in [3.8, 4) is 0 Å². The van der Waals surface area contributed by atoms with Crippen LogP contribution in [0.1, 0.15) is 343 Å². The third-order valence-corrected chi connectivity index (χ3v) is 17.6. The van der Waals surface area contributed by atoms with E-state index < -0.39 is 97.5 Å². The number of carbonyl (C=O) groups is 4. The quantitative estimate of drug-likeness (QED) is 0.0222. The van der Waals surface area contributed by atoms with Gasteiger partial charge >= 0.3 is 39.5 Å². The Morgan fingerprint density at radius 1 is 0.310 bits per heavy atom. The largest absolute Gasteiger partial charge is 0.472 e. The zero-order valence-corrected chi connectivity index (χ0v) is 58.1. The molecule has 0 aliphatic rings. The summed E-state index contributed by atoms with van der Waals surface area (Å²) in [5.41, 5.74) is 0. The fourth-order valence-electron chi connectivity index (χ4n) is 10.2. The first-order chi connectivity index (χ1) is 41.9. The highest BCUT2D eigenvalue weighted by molar-refractivity contribution is 7.47. The van der Waals surface area contributed by atoms with E-state index in [9.17, 15) is 43.2 Å². The van der Waals surface area contributed by atoms with Crippen LogP contribution in [0.25, 0.3) is 0 Å². The fraction of sp³-hybridized carbons (Fsp3) is 0.941. The Labute approximate surface area is 530 Å². The van der Waals surface area contributed by atoms with Gasteiger partial charge < -0.3 is 33.8 Å². The molecule has 0 amide bonds. The van der Waals surface area contributed by atoms with E-state index in [4.69, 9.17) is 37.0 Å². The van der Waals surface area contributed by atoms with Gasteiger partial charge in [0.1, 0.15) is 19.3 Å². The summed E-state index contributed by atoms with van der Waals surface area (Å²) in [4.78, 5) is 72.1. The lowest BCUT2D eigenvalue weighted by Crippen LogP contribution is -2.30. The predicted molar refractivity (Wildman–Crippen MR) is 349 cm³/mol. The molecule has 5 atom stereocenters. The highest BCUT2D eigenvalue weighted by atomic mass is 31.2. The second-order valence-electron chi connectivity index (χ2n) is 25.5. The SMILES string of the molecule is CCCCCCCCCCCCCCCCCC(=O)OC[C@H](COP(=O)(O)OC[C@@H](O)COP(=O)(O)OC[C@@H](COC(=O)CCCCCCC)OC(=O)CCCCCCCCCC(C)C)OC(=O)CCCCCCCCCCCCCCCCC(C)C. The normalized spacial score (nSPS) is 14.2. The summed E-state index contributed by atoms with van der Waals surface area (Å²) in [6.07, 6.45) is 44.9. The number of unbranched alkanes of at least 4 members (excludes halogenated alkanes) is 37. The number of ether oxygens (including phenoxy) is 4. The lowest BCUT2D eigenvalue weighted by atomic mass is 10.0. The topological polar surface area (TPSA) is 237 Å². The molecule has 0 aromatic heterocycles. The second-order valence-corrected chi connectivity index (χ2v) is 28.4. The summed E-state index contributed by atoms with van der Waals surface area (Å²) >= 11 is 0. The van der Waals surface area contributed by atoms with Crippen molar-refractivity contribution < 1.29 is 80.2 Å². The average molecular weight is 1280 g/mol. The van der Waals surface area contributed by atoms with Gasteiger partial charge in [0.05, 0.1) is 26.4 Å². The van der Waals surface area contributed by atoms with Crippen LogP contribution in [0, 0.1) is 11.8 Å². The van der Waals surface area contributed by atoms with Crippen LogP contribution in [0.15, 0.2) is 0 Å². The molecule has 0 rings (SSSR count). The molecule has 2 unspecified atom stereocenters. The Hall–Kier alpha value is -1.94. The summed E-state index contributed by atoms with van der Waals surface area (Å²) in [5.74, 6) is -0.648. The Kier molecular flexibility index (Phi) is 59.0. The molecule has 0 fully saturated rings. The smallest absolute Gasteiger partial charge is 0.462 e. The van der Waals surface area contributed by atoms with Gasteiger partial charge in [-0.2, -0.15) is 0 Å². The van der Waals surface area contributed by atoms with Crippen LogP contribution < -0.4 is 0 Å². The Morgan fingerprint density at radius 2 is 0.529 bits per heavy atom. The van der Waals surface area contributed by atoms with E-state index in [-0.39, 0.29) is 25.7 Å². The standard InChI is InChI=1S/C68H132O17P2/c1-7-9-11-13-14-15-16-17-18-22-25-28-33-39-45-51-66(71)79-57-64(85-67(72)52-46-40-34-29-26-23-20-19-21-24-27-31-37-42-48-60(3)4)59-83-87(76,77)81-55-62(69)54-80-86(74,75)82-58-63(56-78-65(70)50-44-36-12-10-8-2)84-68(73)53-47-41-35-30-32-38-43-49-61(5)6/h60-64,69H,7-59H2,1-6H3,(H,74,75)(H,76,77)/t62-,63+,64+/m0/s1. The lowest BCUT2D eigenvalue weighted by molar-refractivity contribution is -0.161. The van der Waals surface area contributed by atoms with Gasteiger partial charge in [0.2, 0.25) is 0 Å². The molecule has 0 saturated carbocycles. The number of phosphoric acid groups is 2. The molecule has 0 heterocycles. The molecule has 0 aliphatic carbocycles. The van der Waals surface area contributed by atoms with Crippen LogP contribution in [0.2, 0.25) is 0 Å². The zero-order chi connectivity index (χ0) is 64.3. The first-order valence-corrected chi connectivity index (χ1v) is 38.5. The van der Waals surface area contributed by atoms with E-state index in [1.807, 2.05) is 0 Å². The van der Waals surface area contributed by atoms with Gasteiger partial charge in [-0.05, 0) is 37.5 Å². The van der Waals surface area contributed by atoms with Crippen LogP contribution in [-0.2, 0) is 65.4 Å². The van der Waals surface area contributed by atoms with Crippen LogP contribution in [-0.4, -0.2) is 96.7 Å². The Morgan fingerprint density at radius 3 is 0.782 bits per heavy atom. The molecule has 0 aromatic rings. The molecule has 0 bridgehead atoms. The molecule has 0 spiro atoms. The van der Waals surface area contributed by atoms with Crippen molar-refractivity contribution in [2.45, 2.75) is 362 Å². The summed E-state index contributed by atoms with van der Waals surface area (Å²) in [7, 11) is -9.89. The Bertz CT molecular complexity index is 1700. The third-order valence-electron chi connectivity index (χ3n) is 15.7. The number of hydrogen-bond acceptors (Lipinski definition) is 15. The maximum atomic E-state index is 13.0. The van der Waals surface area contributed by atoms with Crippen molar-refractivity contribution in [1.29, 1.82) is 0 Å². The molecule has 0 aromatic carbocycles. The predicted octanol–water partition coefficient (Wildman–Crippen LogP) is 19.2. The van der Waals surface area contributed by atoms with Gasteiger partial charge in [-0.15, -0.1) is 0 Å². The molecule has 0 aliphatic heterocycles. The molecule has 87 heavy (non-hydrogen) atoms. The van der Waals surface area contributed by atoms with Gasteiger partial charge in [0.15, 0.2) is 12.2 Å². The third kappa shape index (κ3) is 62.6. The molecular formula is C68H132O17P2. The van der Waals surface area contributed by atoms with E-state index in [1.54, 1.807) is 0 Å². The van der Waals surface area contributed by atoms with Crippen molar-refractivity contribution in [2.24, 2.45) is 11.8 Å². The van der Waals surface area contributed by atoms with E-state index in [2.05, 4.69) is 41.5 Å². The first kappa shape index (κ1) is 85.1. The van der Waals surface area contributed by atoms with Crippen molar-refractivity contribution >= 4 is 39.5 Å². The number of carbonyl (C=O) groups excluding carboxylic acids is 4. The number of aliphatic hydroxyl groups excluding tert-OH is 1. The number of hydrogen-bond donors (Lipinski definition) is 3. The van der Waals surface area contributed by atoms with Gasteiger partial charge in [-0.25, -0.2) is 9.13 Å². The average Bonchev–Trinajstić information content (AvgIpc) is 3.66. The highest BCUT2D eigenvalue weighted by Crippen LogP contribution is 2.45. The Balaban J connectivity index is 5.16. The molecular weight excluding hydrogens is 1150 g/mol. The summed E-state index contributed by atoms with van der Waals surface area (Å²) in [5, 5.41) is 10.5. The maximum absolute atomic E-state index is 13.0. The lowest BCUT2D eigenvalue weighted by Gasteiger charge is -2.21. The van der Waals surface area contributed by atoms with Crippen molar-refractivity contribution in [1.82, 2.24) is 0 Å². The first-order valence-electron chi connectivity index (χ1n) is 35.5. The van der Waals surface area contributed by atoms with Gasteiger partial charge in [-0.1, -0.05) is 292 Å². The number of aliphatic hydroxyl groups is 1. The van der Waals surface area contributed by atoms with E-state index in [0.717, 1.165) is 102 Å². The van der Waals surface area contributed by atoms with Crippen LogP contribution in [0.4, 0.5) is 0 Å². The van der Waals surface area contributed by atoms with Crippen LogP contribution in [0.5, 0.6) is 0 Å². The van der Waals surface area contributed by atoms with Gasteiger partial charge in [0, 0.05) is 25.7 Å². The molecule has 17 nitrogen and oxygen atoms in total. The molecule has 0 saturated heterocycles. The van der Waals surface area contributed by atoms with Crippen molar-refractivity contribution in [3.05, 3.63) is 0 Å². The van der Waals surface area contributed by atoms with Gasteiger partial charge in [-0.3, -0.25) is 37.3 Å². The summed E-state index contributed by atoms with van der Waals surface area (Å²) in [6, 6.07) is 0. The van der Waals surface area contributed by atoms with Crippen LogP contribution in [0.3, 0.4) is 0 Å². The minimum Gasteiger partial charge on any atom is -0.462 e. The minimum absolute atomic E-state index is 0.103. The van der Waals surface area contributed by atoms with Crippen molar-refractivity contribution in [3.63, 3.8) is 0 Å². The van der Waals surface area contributed by atoms with E-state index >= 15 is 0 Å². The number of rotatable bonds is 67. The van der Waals surface area contributed by atoms with E-state index in [1.165, 1.54) is 154 Å². The zero-order valence-electron chi connectivity index (χ0n) is 56.3. The van der Waals surface area contributed by atoms with E-state index in [0.29, 0.717) is 31.6 Å². The maximum Gasteiger partial charge on any atom is 0.472 e. The van der Waals surface area contributed by atoms with Crippen molar-refractivity contribution in [2.75, 3.05) is 39.6 Å². The summed E-state index contributed by atoms with van der Waals surface area (Å²) < 4.78 is 68.0. The number of esters is 4. The molecule has 0 radical (unpaired) electrons.